The fourth-order valence-corrected chi connectivity index (χ4v) is 3.39. The van der Waals surface area contributed by atoms with Gasteiger partial charge in [0.15, 0.2) is 0 Å². The topological polar surface area (TPSA) is 29.3 Å². The molecule has 1 aliphatic heterocycles. The van der Waals surface area contributed by atoms with Crippen molar-refractivity contribution in [3.8, 4) is 0 Å². The smallest absolute Gasteiger partial charge is 0.0537 e. The summed E-state index contributed by atoms with van der Waals surface area (Å²) in [6.45, 7) is 2.95. The summed E-state index contributed by atoms with van der Waals surface area (Å²) in [5, 5.41) is 0. The predicted molar refractivity (Wildman–Crippen MR) is 67.8 cm³/mol. The van der Waals surface area contributed by atoms with Crippen LogP contribution in [0, 0.1) is 0 Å². The van der Waals surface area contributed by atoms with Crippen molar-refractivity contribution >= 4 is 17.4 Å². The number of fused-ring (bicyclic) bond motifs is 1. The Labute approximate surface area is 95.8 Å². The van der Waals surface area contributed by atoms with Gasteiger partial charge in [0.1, 0.15) is 0 Å². The molecule has 15 heavy (non-hydrogen) atoms. The molecule has 0 spiro atoms. The van der Waals surface area contributed by atoms with Crippen LogP contribution in [0.25, 0.3) is 0 Å². The predicted octanol–water partition coefficient (Wildman–Crippen LogP) is 2.12. The van der Waals surface area contributed by atoms with E-state index < -0.39 is 0 Å². The van der Waals surface area contributed by atoms with Crippen molar-refractivity contribution in [2.24, 2.45) is 5.73 Å². The van der Waals surface area contributed by atoms with E-state index in [0.29, 0.717) is 6.04 Å². The summed E-state index contributed by atoms with van der Waals surface area (Å²) in [5.41, 5.74) is 8.61. The van der Waals surface area contributed by atoms with Crippen molar-refractivity contribution in [1.29, 1.82) is 0 Å². The maximum Gasteiger partial charge on any atom is 0.0537 e. The summed E-state index contributed by atoms with van der Waals surface area (Å²) in [4.78, 5) is 3.76. The van der Waals surface area contributed by atoms with Crippen LogP contribution in [0.2, 0.25) is 0 Å². The lowest BCUT2D eigenvalue weighted by Crippen LogP contribution is -2.42. The molecule has 82 valence electrons. The highest BCUT2D eigenvalue weighted by Gasteiger charge is 2.24. The second-order valence-corrected chi connectivity index (χ2v) is 4.99. The van der Waals surface area contributed by atoms with E-state index in [1.54, 1.807) is 0 Å². The van der Waals surface area contributed by atoms with E-state index in [1.807, 2.05) is 11.8 Å². The zero-order valence-corrected chi connectivity index (χ0v) is 10.2. The number of thioether (sulfide) groups is 1. The molecule has 1 heterocycles. The minimum Gasteiger partial charge on any atom is -0.368 e. The highest BCUT2D eigenvalue weighted by molar-refractivity contribution is 7.99. The molecule has 0 radical (unpaired) electrons. The van der Waals surface area contributed by atoms with Crippen molar-refractivity contribution in [3.05, 3.63) is 23.8 Å². The van der Waals surface area contributed by atoms with Gasteiger partial charge in [-0.2, -0.15) is 0 Å². The number of hydrogen-bond donors (Lipinski definition) is 1. The van der Waals surface area contributed by atoms with Crippen LogP contribution < -0.4 is 10.6 Å². The summed E-state index contributed by atoms with van der Waals surface area (Å²) in [7, 11) is 2.16. The summed E-state index contributed by atoms with van der Waals surface area (Å²) in [6, 6.07) is 7.06. The molecule has 2 N–H and O–H groups in total. The number of aryl methyl sites for hydroxylation is 1. The molecule has 3 heteroatoms. The number of likely N-dealkylation sites (N-methyl/N-ethyl adjacent to an activating group) is 1. The minimum absolute atomic E-state index is 0.482. The van der Waals surface area contributed by atoms with Gasteiger partial charge in [0.25, 0.3) is 0 Å². The SMILES string of the molecule is CCc1cccc2c1N(C)C(CN)CS2. The molecular weight excluding hydrogens is 204 g/mol. The highest BCUT2D eigenvalue weighted by atomic mass is 32.2. The third-order valence-electron chi connectivity index (χ3n) is 3.07. The average Bonchev–Trinajstić information content (AvgIpc) is 2.29. The van der Waals surface area contributed by atoms with Gasteiger partial charge in [-0.1, -0.05) is 19.1 Å². The molecule has 1 aromatic carbocycles. The van der Waals surface area contributed by atoms with Crippen molar-refractivity contribution in [3.63, 3.8) is 0 Å². The zero-order chi connectivity index (χ0) is 10.8. The van der Waals surface area contributed by atoms with Gasteiger partial charge in [0, 0.05) is 24.2 Å². The maximum atomic E-state index is 5.79. The van der Waals surface area contributed by atoms with Crippen molar-refractivity contribution in [2.45, 2.75) is 24.3 Å². The first-order valence-electron chi connectivity index (χ1n) is 5.45. The fourth-order valence-electron chi connectivity index (χ4n) is 2.08. The zero-order valence-electron chi connectivity index (χ0n) is 9.36. The van der Waals surface area contributed by atoms with Crippen LogP contribution in [0.1, 0.15) is 12.5 Å². The standard InChI is InChI=1S/C12H18N2S/c1-3-9-5-4-6-11-12(9)14(2)10(7-13)8-15-11/h4-6,10H,3,7-8,13H2,1-2H3. The van der Waals surface area contributed by atoms with Gasteiger partial charge in [-0.05, 0) is 18.1 Å². The summed E-state index contributed by atoms with van der Waals surface area (Å²) in [5.74, 6) is 1.10. The lowest BCUT2D eigenvalue weighted by molar-refractivity contribution is 0.688. The minimum atomic E-state index is 0.482. The van der Waals surface area contributed by atoms with Crippen LogP contribution in [0.5, 0.6) is 0 Å². The van der Waals surface area contributed by atoms with E-state index in [2.05, 4.69) is 37.1 Å². The second kappa shape index (κ2) is 4.45. The Morgan fingerprint density at radius 1 is 1.53 bits per heavy atom. The molecule has 0 aliphatic carbocycles. The van der Waals surface area contributed by atoms with Gasteiger partial charge in [0.2, 0.25) is 0 Å². The van der Waals surface area contributed by atoms with Gasteiger partial charge in [-0.15, -0.1) is 11.8 Å². The quantitative estimate of drug-likeness (QED) is 0.831. The largest absolute Gasteiger partial charge is 0.368 e. The lowest BCUT2D eigenvalue weighted by Gasteiger charge is -2.36. The van der Waals surface area contributed by atoms with Crippen LogP contribution in [-0.4, -0.2) is 25.4 Å². The number of para-hydroxylation sites is 1. The number of anilines is 1. The number of benzene rings is 1. The van der Waals surface area contributed by atoms with E-state index in [-0.39, 0.29) is 0 Å². The molecule has 1 aromatic rings. The first-order valence-corrected chi connectivity index (χ1v) is 6.44. The number of hydrogen-bond acceptors (Lipinski definition) is 3. The van der Waals surface area contributed by atoms with Crippen LogP contribution >= 0.6 is 11.8 Å². The molecule has 2 nitrogen and oxygen atoms in total. The molecule has 0 fully saturated rings. The normalized spacial score (nSPS) is 20.2. The molecule has 1 unspecified atom stereocenters. The van der Waals surface area contributed by atoms with Gasteiger partial charge in [-0.3, -0.25) is 0 Å². The molecule has 0 saturated carbocycles. The Bertz CT molecular complexity index is 337. The Morgan fingerprint density at radius 3 is 3.00 bits per heavy atom. The van der Waals surface area contributed by atoms with Crippen LogP contribution in [0.3, 0.4) is 0 Å². The van der Waals surface area contributed by atoms with E-state index >= 15 is 0 Å². The van der Waals surface area contributed by atoms with Crippen molar-refractivity contribution in [1.82, 2.24) is 0 Å². The van der Waals surface area contributed by atoms with Crippen LogP contribution in [0.4, 0.5) is 5.69 Å². The molecule has 1 aliphatic rings. The molecule has 0 bridgehead atoms. The number of rotatable bonds is 2. The summed E-state index contributed by atoms with van der Waals surface area (Å²) in [6.07, 6.45) is 1.09. The maximum absolute atomic E-state index is 5.79. The number of nitrogens with two attached hydrogens (primary N) is 1. The third-order valence-corrected chi connectivity index (χ3v) is 4.26. The van der Waals surface area contributed by atoms with Crippen LogP contribution in [-0.2, 0) is 6.42 Å². The second-order valence-electron chi connectivity index (χ2n) is 3.93. The number of nitrogens with zero attached hydrogens (tertiary/aromatic N) is 1. The lowest BCUT2D eigenvalue weighted by atomic mass is 10.1. The van der Waals surface area contributed by atoms with E-state index in [4.69, 9.17) is 5.73 Å². The van der Waals surface area contributed by atoms with Crippen molar-refractivity contribution in [2.75, 3.05) is 24.2 Å². The molecular formula is C12H18N2S. The molecule has 0 aromatic heterocycles. The third kappa shape index (κ3) is 1.86. The summed E-state index contributed by atoms with van der Waals surface area (Å²) >= 11 is 1.93. The molecule has 0 saturated heterocycles. The van der Waals surface area contributed by atoms with Gasteiger partial charge >= 0.3 is 0 Å². The van der Waals surface area contributed by atoms with E-state index in [1.165, 1.54) is 16.1 Å². The Morgan fingerprint density at radius 2 is 2.33 bits per heavy atom. The molecule has 0 amide bonds. The molecule has 1 atom stereocenters. The van der Waals surface area contributed by atoms with Crippen molar-refractivity contribution < 1.29 is 0 Å². The first kappa shape index (κ1) is 10.8. The molecule has 2 rings (SSSR count). The Kier molecular flexibility index (Phi) is 3.22. The fraction of sp³-hybridized carbons (Fsp3) is 0.500. The first-order chi connectivity index (χ1) is 7.27. The van der Waals surface area contributed by atoms with E-state index in [0.717, 1.165) is 18.7 Å². The Hall–Kier alpha value is -0.670. The van der Waals surface area contributed by atoms with E-state index in [9.17, 15) is 0 Å². The van der Waals surface area contributed by atoms with Gasteiger partial charge in [-0.25, -0.2) is 0 Å². The highest BCUT2D eigenvalue weighted by Crippen LogP contribution is 2.38. The monoisotopic (exact) mass is 222 g/mol. The Balaban J connectivity index is 2.43. The van der Waals surface area contributed by atoms with Crippen LogP contribution in [0.15, 0.2) is 23.1 Å². The van der Waals surface area contributed by atoms with Gasteiger partial charge in [0.05, 0.1) is 11.7 Å². The summed E-state index contributed by atoms with van der Waals surface area (Å²) < 4.78 is 0. The van der Waals surface area contributed by atoms with Gasteiger partial charge < -0.3 is 10.6 Å². The average molecular weight is 222 g/mol.